The number of hydrogen-bond donors (Lipinski definition) is 3. The molecule has 0 fully saturated rings. The average molecular weight is 296 g/mol. The van der Waals surface area contributed by atoms with E-state index in [2.05, 4.69) is 6.07 Å². The lowest BCUT2D eigenvalue weighted by atomic mass is 10.0. The summed E-state index contributed by atoms with van der Waals surface area (Å²) in [5.74, 6) is 0. The predicted molar refractivity (Wildman–Crippen MR) is 80.9 cm³/mol. The summed E-state index contributed by atoms with van der Waals surface area (Å²) < 4.78 is 0. The molecule has 0 saturated carbocycles. The molecule has 1 aromatic carbocycles. The highest BCUT2D eigenvalue weighted by molar-refractivity contribution is 5.29. The molecule has 1 aromatic rings. The van der Waals surface area contributed by atoms with Crippen LogP contribution >= 0.6 is 0 Å². The second-order valence-electron chi connectivity index (χ2n) is 5.51. The molecule has 0 aliphatic heterocycles. The third-order valence-corrected chi connectivity index (χ3v) is 3.10. The molecule has 3 N–H and O–H groups in total. The van der Waals surface area contributed by atoms with Crippen molar-refractivity contribution in [2.24, 2.45) is 0 Å². The Morgan fingerprint density at radius 3 is 1.52 bits per heavy atom. The molecule has 6 nitrogen and oxygen atoms in total. The molecule has 6 heteroatoms. The standard InChI is InChI=1S/C15H26N3O3/c1-16(10-19)7-13-4-14(8-17(2)11-20)6-15(5-13)9-18(3)12-21/h4-5,19-21H,7-12H2,1-3H3. The van der Waals surface area contributed by atoms with E-state index in [-0.39, 0.29) is 20.2 Å². The number of aliphatic hydroxyl groups excluding tert-OH is 3. The van der Waals surface area contributed by atoms with E-state index in [1.807, 2.05) is 33.3 Å². The van der Waals surface area contributed by atoms with Crippen LogP contribution in [0.2, 0.25) is 0 Å². The average Bonchev–Trinajstić information content (AvgIpc) is 2.46. The minimum absolute atomic E-state index is 0.00361. The molecule has 119 valence electrons. The van der Waals surface area contributed by atoms with E-state index in [1.54, 1.807) is 14.7 Å². The van der Waals surface area contributed by atoms with E-state index in [9.17, 15) is 0 Å². The maximum Gasteiger partial charge on any atom is 0.0956 e. The molecule has 0 aromatic heterocycles. The van der Waals surface area contributed by atoms with Gasteiger partial charge in [-0.15, -0.1) is 0 Å². The first-order chi connectivity index (χ1) is 9.98. The summed E-state index contributed by atoms with van der Waals surface area (Å²) in [6.45, 7) is 1.81. The fraction of sp³-hybridized carbons (Fsp3) is 0.600. The Morgan fingerprint density at radius 1 is 0.762 bits per heavy atom. The number of hydrogen-bond acceptors (Lipinski definition) is 6. The number of aliphatic hydroxyl groups is 3. The van der Waals surface area contributed by atoms with Crippen LogP contribution in [0.1, 0.15) is 16.7 Å². The lowest BCUT2D eigenvalue weighted by Gasteiger charge is -2.19. The van der Waals surface area contributed by atoms with Crippen molar-refractivity contribution in [3.63, 3.8) is 0 Å². The quantitative estimate of drug-likeness (QED) is 0.540. The maximum absolute atomic E-state index is 9.14. The molecule has 0 aliphatic rings. The monoisotopic (exact) mass is 296 g/mol. The Labute approximate surface area is 126 Å². The Morgan fingerprint density at radius 2 is 1.14 bits per heavy atom. The van der Waals surface area contributed by atoms with Gasteiger partial charge in [-0.1, -0.05) is 12.1 Å². The summed E-state index contributed by atoms with van der Waals surface area (Å²) in [6.07, 6.45) is 0. The first kappa shape index (κ1) is 18.0. The van der Waals surface area contributed by atoms with Gasteiger partial charge in [-0.25, -0.2) is 0 Å². The zero-order valence-corrected chi connectivity index (χ0v) is 13.1. The Bertz CT molecular complexity index is 354. The van der Waals surface area contributed by atoms with E-state index >= 15 is 0 Å². The minimum Gasteiger partial charge on any atom is -0.381 e. The van der Waals surface area contributed by atoms with Crippen LogP contribution in [0.5, 0.6) is 0 Å². The van der Waals surface area contributed by atoms with Gasteiger partial charge in [-0.05, 0) is 43.9 Å². The van der Waals surface area contributed by atoms with Gasteiger partial charge in [0.2, 0.25) is 0 Å². The molecule has 0 aliphatic carbocycles. The van der Waals surface area contributed by atoms with Crippen molar-refractivity contribution in [3.05, 3.63) is 34.9 Å². The molecule has 1 radical (unpaired) electrons. The first-order valence-electron chi connectivity index (χ1n) is 6.90. The van der Waals surface area contributed by atoms with Crippen molar-refractivity contribution in [2.45, 2.75) is 19.6 Å². The summed E-state index contributed by atoms with van der Waals surface area (Å²) in [7, 11) is 5.51. The van der Waals surface area contributed by atoms with Gasteiger partial charge < -0.3 is 15.3 Å². The number of benzene rings is 1. The summed E-state index contributed by atoms with van der Waals surface area (Å²) in [5, 5.41) is 27.4. The predicted octanol–water partition coefficient (Wildman–Crippen LogP) is -0.368. The van der Waals surface area contributed by atoms with E-state index in [1.165, 1.54) is 0 Å². The van der Waals surface area contributed by atoms with Gasteiger partial charge in [0.1, 0.15) is 0 Å². The first-order valence-corrected chi connectivity index (χ1v) is 6.90. The van der Waals surface area contributed by atoms with Crippen LogP contribution in [-0.2, 0) is 19.6 Å². The molecule has 0 amide bonds. The second kappa shape index (κ2) is 9.09. The van der Waals surface area contributed by atoms with E-state index in [0.717, 1.165) is 16.7 Å². The molecule has 21 heavy (non-hydrogen) atoms. The Hall–Kier alpha value is -1.02. The fourth-order valence-electron chi connectivity index (χ4n) is 2.07. The molecule has 0 unspecified atom stereocenters. The van der Waals surface area contributed by atoms with E-state index in [0.29, 0.717) is 19.6 Å². The normalized spacial score (nSPS) is 11.9. The SMILES string of the molecule is CN(CO)Cc1[c]c(CN(C)CO)cc(CN(C)CO)c1. The summed E-state index contributed by atoms with van der Waals surface area (Å²) in [4.78, 5) is 5.37. The highest BCUT2D eigenvalue weighted by Gasteiger charge is 2.08. The van der Waals surface area contributed by atoms with Gasteiger partial charge in [-0.2, -0.15) is 0 Å². The highest BCUT2D eigenvalue weighted by Crippen LogP contribution is 2.14. The number of nitrogens with zero attached hydrogens (tertiary/aromatic N) is 3. The second-order valence-corrected chi connectivity index (χ2v) is 5.51. The van der Waals surface area contributed by atoms with Crippen LogP contribution in [0.3, 0.4) is 0 Å². The zero-order valence-electron chi connectivity index (χ0n) is 13.1. The van der Waals surface area contributed by atoms with Gasteiger partial charge >= 0.3 is 0 Å². The molecule has 0 atom stereocenters. The topological polar surface area (TPSA) is 70.4 Å². The Kier molecular flexibility index (Phi) is 7.81. The Balaban J connectivity index is 2.95. The highest BCUT2D eigenvalue weighted by atomic mass is 16.3. The summed E-state index contributed by atoms with van der Waals surface area (Å²) in [5.41, 5.74) is 3.04. The van der Waals surface area contributed by atoms with Crippen LogP contribution in [0.4, 0.5) is 0 Å². The van der Waals surface area contributed by atoms with Gasteiger partial charge in [0.05, 0.1) is 20.2 Å². The zero-order chi connectivity index (χ0) is 15.8. The van der Waals surface area contributed by atoms with Crippen LogP contribution < -0.4 is 0 Å². The van der Waals surface area contributed by atoms with Crippen LogP contribution in [-0.4, -0.2) is 71.4 Å². The smallest absolute Gasteiger partial charge is 0.0956 e. The third kappa shape index (κ3) is 6.52. The van der Waals surface area contributed by atoms with Crippen molar-refractivity contribution in [1.82, 2.24) is 14.7 Å². The molecule has 0 bridgehead atoms. The largest absolute Gasteiger partial charge is 0.381 e. The fourth-order valence-corrected chi connectivity index (χ4v) is 2.07. The van der Waals surface area contributed by atoms with Crippen molar-refractivity contribution in [2.75, 3.05) is 41.3 Å². The van der Waals surface area contributed by atoms with Crippen molar-refractivity contribution < 1.29 is 15.3 Å². The van der Waals surface area contributed by atoms with Crippen molar-refractivity contribution in [1.29, 1.82) is 0 Å². The van der Waals surface area contributed by atoms with Gasteiger partial charge in [0.25, 0.3) is 0 Å². The van der Waals surface area contributed by atoms with Gasteiger partial charge in [0, 0.05) is 19.6 Å². The molecular weight excluding hydrogens is 270 g/mol. The summed E-state index contributed by atoms with van der Waals surface area (Å²) in [6, 6.07) is 7.38. The maximum atomic E-state index is 9.14. The van der Waals surface area contributed by atoms with Gasteiger partial charge in [-0.3, -0.25) is 14.7 Å². The summed E-state index contributed by atoms with van der Waals surface area (Å²) >= 11 is 0. The van der Waals surface area contributed by atoms with Gasteiger partial charge in [0.15, 0.2) is 0 Å². The molecule has 1 rings (SSSR count). The number of rotatable bonds is 9. The lowest BCUT2D eigenvalue weighted by molar-refractivity contribution is 0.123. The van der Waals surface area contributed by atoms with Crippen LogP contribution in [0.15, 0.2) is 12.1 Å². The molecular formula is C15H26N3O3. The molecule has 0 saturated heterocycles. The van der Waals surface area contributed by atoms with E-state index in [4.69, 9.17) is 15.3 Å². The lowest BCUT2D eigenvalue weighted by Crippen LogP contribution is -2.22. The minimum atomic E-state index is -0.0134. The van der Waals surface area contributed by atoms with Crippen molar-refractivity contribution >= 4 is 0 Å². The van der Waals surface area contributed by atoms with E-state index < -0.39 is 0 Å². The third-order valence-electron chi connectivity index (χ3n) is 3.10. The van der Waals surface area contributed by atoms with Crippen molar-refractivity contribution in [3.8, 4) is 0 Å². The molecule has 0 heterocycles. The molecule has 0 spiro atoms. The van der Waals surface area contributed by atoms with Crippen LogP contribution in [0, 0.1) is 6.07 Å². The van der Waals surface area contributed by atoms with Crippen LogP contribution in [0.25, 0.3) is 0 Å².